The first-order valence-corrected chi connectivity index (χ1v) is 9.49. The molecular weight excluding hydrogens is 386 g/mol. The fourth-order valence-electron chi connectivity index (χ4n) is 3.59. The molecule has 1 fully saturated rings. The van der Waals surface area contributed by atoms with Crippen LogP contribution in [0.3, 0.4) is 0 Å². The van der Waals surface area contributed by atoms with Gasteiger partial charge in [-0.2, -0.15) is 0 Å². The van der Waals surface area contributed by atoms with Gasteiger partial charge in [0.05, 0.1) is 11.6 Å². The van der Waals surface area contributed by atoms with Crippen LogP contribution in [0.25, 0.3) is 5.76 Å². The Morgan fingerprint density at radius 1 is 1.17 bits per heavy atom. The van der Waals surface area contributed by atoms with E-state index in [-0.39, 0.29) is 11.3 Å². The second kappa shape index (κ2) is 7.94. The lowest BCUT2D eigenvalue weighted by molar-refractivity contribution is -0.139. The molecule has 1 saturated heterocycles. The van der Waals surface area contributed by atoms with Crippen LogP contribution in [0.15, 0.2) is 60.7 Å². The molecule has 1 amide bonds. The summed E-state index contributed by atoms with van der Waals surface area (Å²) in [5, 5.41) is 11.0. The number of hydrogen-bond acceptors (Lipinski definition) is 6. The highest BCUT2D eigenvalue weighted by atomic mass is 16.6. The molecule has 7 nitrogen and oxygen atoms in total. The van der Waals surface area contributed by atoms with Gasteiger partial charge in [-0.3, -0.25) is 9.59 Å². The Labute approximate surface area is 173 Å². The van der Waals surface area contributed by atoms with E-state index in [4.69, 9.17) is 14.2 Å². The lowest BCUT2D eigenvalue weighted by Gasteiger charge is -2.22. The van der Waals surface area contributed by atoms with E-state index in [1.165, 1.54) is 11.9 Å². The van der Waals surface area contributed by atoms with Crippen molar-refractivity contribution in [2.75, 3.05) is 26.9 Å². The van der Waals surface area contributed by atoms with Gasteiger partial charge < -0.3 is 24.2 Å². The van der Waals surface area contributed by atoms with Crippen LogP contribution < -0.4 is 14.2 Å². The average Bonchev–Trinajstić information content (AvgIpc) is 3.01. The van der Waals surface area contributed by atoms with Crippen LogP contribution in [0, 0.1) is 0 Å². The second-order valence-corrected chi connectivity index (χ2v) is 6.94. The van der Waals surface area contributed by atoms with Gasteiger partial charge in [-0.25, -0.2) is 0 Å². The van der Waals surface area contributed by atoms with Gasteiger partial charge in [0.1, 0.15) is 31.3 Å². The summed E-state index contributed by atoms with van der Waals surface area (Å²) in [6.45, 7) is 4.83. The summed E-state index contributed by atoms with van der Waals surface area (Å²) >= 11 is 0. The fraction of sp³-hybridized carbons (Fsp3) is 0.217. The molecule has 1 atom stereocenters. The number of carbonyl (C=O) groups excluding carboxylic acids is 2. The van der Waals surface area contributed by atoms with Gasteiger partial charge in [0.15, 0.2) is 11.5 Å². The summed E-state index contributed by atoms with van der Waals surface area (Å²) < 4.78 is 16.5. The van der Waals surface area contributed by atoms with Crippen molar-refractivity contribution < 1.29 is 28.9 Å². The number of aliphatic hydroxyl groups is 1. The molecule has 1 unspecified atom stereocenters. The van der Waals surface area contributed by atoms with Gasteiger partial charge in [0.25, 0.3) is 11.7 Å². The predicted molar refractivity (Wildman–Crippen MR) is 110 cm³/mol. The Bertz CT molecular complexity index is 1040. The molecule has 2 heterocycles. The molecule has 0 bridgehead atoms. The third kappa shape index (κ3) is 3.39. The topological polar surface area (TPSA) is 85.3 Å². The smallest absolute Gasteiger partial charge is 0.295 e. The number of Topliss-reactive ketones (excluding diaryl/α,β-unsaturated/α-hetero) is 1. The minimum atomic E-state index is -0.734. The van der Waals surface area contributed by atoms with Crippen molar-refractivity contribution in [2.45, 2.75) is 6.04 Å². The Hall–Kier alpha value is -3.74. The molecule has 4 rings (SSSR count). The highest BCUT2D eigenvalue weighted by Crippen LogP contribution is 2.40. The predicted octanol–water partition coefficient (Wildman–Crippen LogP) is 3.07. The van der Waals surface area contributed by atoms with Crippen LogP contribution in [0.4, 0.5) is 0 Å². The van der Waals surface area contributed by atoms with E-state index in [0.29, 0.717) is 48.2 Å². The molecule has 30 heavy (non-hydrogen) atoms. The van der Waals surface area contributed by atoms with E-state index in [9.17, 15) is 14.7 Å². The van der Waals surface area contributed by atoms with Crippen LogP contribution >= 0.6 is 0 Å². The third-order valence-electron chi connectivity index (χ3n) is 5.05. The zero-order valence-corrected chi connectivity index (χ0v) is 16.5. The van der Waals surface area contributed by atoms with Gasteiger partial charge >= 0.3 is 0 Å². The molecule has 0 aliphatic carbocycles. The van der Waals surface area contributed by atoms with Gasteiger partial charge in [-0.05, 0) is 35.9 Å². The highest BCUT2D eigenvalue weighted by molar-refractivity contribution is 6.46. The van der Waals surface area contributed by atoms with Crippen LogP contribution in [0.1, 0.15) is 17.2 Å². The Morgan fingerprint density at radius 2 is 1.87 bits per heavy atom. The maximum Gasteiger partial charge on any atom is 0.295 e. The summed E-state index contributed by atoms with van der Waals surface area (Å²) in [7, 11) is 1.54. The first-order chi connectivity index (χ1) is 14.5. The van der Waals surface area contributed by atoms with Gasteiger partial charge in [0, 0.05) is 12.6 Å². The van der Waals surface area contributed by atoms with E-state index < -0.39 is 17.7 Å². The number of ketones is 1. The van der Waals surface area contributed by atoms with Crippen molar-refractivity contribution in [1.82, 2.24) is 4.90 Å². The van der Waals surface area contributed by atoms with Crippen molar-refractivity contribution in [3.8, 4) is 17.2 Å². The molecule has 2 aliphatic rings. The number of benzene rings is 2. The van der Waals surface area contributed by atoms with E-state index >= 15 is 0 Å². The lowest BCUT2D eigenvalue weighted by atomic mass is 9.95. The van der Waals surface area contributed by atoms with Crippen molar-refractivity contribution >= 4 is 17.4 Å². The first-order valence-electron chi connectivity index (χ1n) is 9.49. The molecule has 0 saturated carbocycles. The summed E-state index contributed by atoms with van der Waals surface area (Å²) in [5.41, 5.74) is 1.09. The van der Waals surface area contributed by atoms with Crippen LogP contribution in [0.5, 0.6) is 17.2 Å². The van der Waals surface area contributed by atoms with Gasteiger partial charge in [0.2, 0.25) is 0 Å². The minimum absolute atomic E-state index is 0.0268. The van der Waals surface area contributed by atoms with Crippen molar-refractivity contribution in [3.63, 3.8) is 0 Å². The SMILES string of the molecule is C=CCOc1ccc(C2/C(=C(\O)c3ccc4c(c3)OCCO4)C(=O)C(=O)N2C)cc1. The molecule has 0 spiro atoms. The summed E-state index contributed by atoms with van der Waals surface area (Å²) in [5.74, 6) is 0.0230. The van der Waals surface area contributed by atoms with Gasteiger partial charge in [-0.15, -0.1) is 0 Å². The molecule has 1 N–H and O–H groups in total. The summed E-state index contributed by atoms with van der Waals surface area (Å²) in [6, 6.07) is 11.2. The summed E-state index contributed by atoms with van der Waals surface area (Å²) in [6.07, 6.45) is 1.64. The molecule has 154 valence electrons. The standard InChI is InChI=1S/C23H21NO6/c1-3-10-28-16-7-4-14(5-8-16)20-19(22(26)23(27)24(20)2)21(25)15-6-9-17-18(13-15)30-12-11-29-17/h3-9,13,20,25H,1,10-12H2,2H3/b21-19+. The number of likely N-dealkylation sites (tertiary alicyclic amines) is 1. The maximum atomic E-state index is 12.7. The number of amides is 1. The Kier molecular flexibility index (Phi) is 5.18. The normalized spacial score (nSPS) is 19.6. The molecule has 0 radical (unpaired) electrons. The minimum Gasteiger partial charge on any atom is -0.507 e. The molecule has 2 aromatic carbocycles. The fourth-order valence-corrected chi connectivity index (χ4v) is 3.59. The van der Waals surface area contributed by atoms with Crippen molar-refractivity contribution in [3.05, 3.63) is 71.8 Å². The number of aliphatic hydroxyl groups excluding tert-OH is 1. The monoisotopic (exact) mass is 407 g/mol. The van der Waals surface area contributed by atoms with E-state index in [0.717, 1.165) is 0 Å². The number of nitrogens with zero attached hydrogens (tertiary/aromatic N) is 1. The zero-order chi connectivity index (χ0) is 21.3. The molecule has 2 aliphatic heterocycles. The van der Waals surface area contributed by atoms with Gasteiger partial charge in [-0.1, -0.05) is 24.8 Å². The summed E-state index contributed by atoms with van der Waals surface area (Å²) in [4.78, 5) is 26.5. The first kappa shape index (κ1) is 19.6. The average molecular weight is 407 g/mol. The van der Waals surface area contributed by atoms with Crippen LogP contribution in [0.2, 0.25) is 0 Å². The van der Waals surface area contributed by atoms with E-state index in [2.05, 4.69) is 6.58 Å². The number of hydrogen-bond donors (Lipinski definition) is 1. The number of fused-ring (bicyclic) bond motifs is 1. The lowest BCUT2D eigenvalue weighted by Crippen LogP contribution is -2.24. The Morgan fingerprint density at radius 3 is 2.57 bits per heavy atom. The molecule has 0 aromatic heterocycles. The number of rotatable bonds is 5. The largest absolute Gasteiger partial charge is 0.507 e. The molecule has 7 heteroatoms. The zero-order valence-electron chi connectivity index (χ0n) is 16.5. The number of likely N-dealkylation sites (N-methyl/N-ethyl adjacent to an activating group) is 1. The quantitative estimate of drug-likeness (QED) is 0.355. The highest BCUT2D eigenvalue weighted by Gasteiger charge is 2.44. The second-order valence-electron chi connectivity index (χ2n) is 6.94. The molecule has 2 aromatic rings. The maximum absolute atomic E-state index is 12.7. The third-order valence-corrected chi connectivity index (χ3v) is 5.05. The van der Waals surface area contributed by atoms with Crippen molar-refractivity contribution in [1.29, 1.82) is 0 Å². The molecular formula is C23H21NO6. The number of carbonyl (C=O) groups is 2. The van der Waals surface area contributed by atoms with E-state index in [1.807, 2.05) is 0 Å². The van der Waals surface area contributed by atoms with Crippen molar-refractivity contribution in [2.24, 2.45) is 0 Å². The van der Waals surface area contributed by atoms with Crippen LogP contribution in [-0.4, -0.2) is 48.6 Å². The van der Waals surface area contributed by atoms with Crippen LogP contribution in [-0.2, 0) is 9.59 Å². The van der Waals surface area contributed by atoms with E-state index in [1.54, 1.807) is 48.5 Å². The Balaban J connectivity index is 1.74. The number of ether oxygens (including phenoxy) is 3.